The van der Waals surface area contributed by atoms with Gasteiger partial charge in [-0.2, -0.15) is 5.10 Å². The van der Waals surface area contributed by atoms with Crippen molar-refractivity contribution in [3.63, 3.8) is 0 Å². The molecule has 0 saturated carbocycles. The summed E-state index contributed by atoms with van der Waals surface area (Å²) in [5.74, 6) is 1.17. The fraction of sp³-hybridized carbons (Fsp3) is 0.769. The van der Waals surface area contributed by atoms with Gasteiger partial charge >= 0.3 is 0 Å². The van der Waals surface area contributed by atoms with Crippen molar-refractivity contribution in [3.8, 4) is 0 Å². The lowest BCUT2D eigenvalue weighted by Gasteiger charge is -2.29. The second-order valence-corrected chi connectivity index (χ2v) is 4.83. The van der Waals surface area contributed by atoms with Crippen LogP contribution in [0.4, 0.5) is 5.82 Å². The number of ether oxygens (including phenoxy) is 1. The minimum absolute atomic E-state index is 0.409. The minimum atomic E-state index is 0.409. The summed E-state index contributed by atoms with van der Waals surface area (Å²) in [5, 5.41) is 4.52. The number of anilines is 1. The molecule has 0 aromatic carbocycles. The van der Waals surface area contributed by atoms with Gasteiger partial charge in [-0.25, -0.2) is 0 Å². The third-order valence-electron chi connectivity index (χ3n) is 3.14. The Morgan fingerprint density at radius 3 is 2.61 bits per heavy atom. The third-order valence-corrected chi connectivity index (χ3v) is 3.14. The van der Waals surface area contributed by atoms with Crippen molar-refractivity contribution in [3.05, 3.63) is 11.3 Å². The molecule has 0 unspecified atom stereocenters. The fourth-order valence-corrected chi connectivity index (χ4v) is 2.28. The highest BCUT2D eigenvalue weighted by atomic mass is 16.5. The van der Waals surface area contributed by atoms with Gasteiger partial charge in [0, 0.05) is 32.3 Å². The van der Waals surface area contributed by atoms with E-state index >= 15 is 0 Å². The van der Waals surface area contributed by atoms with Gasteiger partial charge in [-0.3, -0.25) is 4.68 Å². The van der Waals surface area contributed by atoms with Gasteiger partial charge in [0.15, 0.2) is 0 Å². The largest absolute Gasteiger partial charge is 0.383 e. The number of nitrogens with zero attached hydrogens (tertiary/aromatic N) is 3. The average molecular weight is 254 g/mol. The maximum absolute atomic E-state index is 5.70. The number of methoxy groups -OCH3 is 1. The van der Waals surface area contributed by atoms with E-state index in [-0.39, 0.29) is 0 Å². The molecule has 0 radical (unpaired) electrons. The molecule has 1 rings (SSSR count). The summed E-state index contributed by atoms with van der Waals surface area (Å²) in [6.07, 6.45) is 0.866. The third kappa shape index (κ3) is 3.23. The molecule has 0 atom stereocenters. The average Bonchev–Trinajstić information content (AvgIpc) is 2.56. The molecule has 0 aliphatic carbocycles. The predicted octanol–water partition coefficient (Wildman–Crippen LogP) is 1.09. The molecular weight excluding hydrogens is 228 g/mol. The van der Waals surface area contributed by atoms with Crippen LogP contribution in [0.3, 0.4) is 0 Å². The van der Waals surface area contributed by atoms with Gasteiger partial charge in [-0.15, -0.1) is 0 Å². The van der Waals surface area contributed by atoms with E-state index in [1.807, 2.05) is 18.7 Å². The van der Waals surface area contributed by atoms with Crippen LogP contribution in [0.25, 0.3) is 0 Å². The Hall–Kier alpha value is -1.07. The monoisotopic (exact) mass is 254 g/mol. The number of aryl methyl sites for hydroxylation is 2. The number of hydrogen-bond acceptors (Lipinski definition) is 4. The first-order valence-electron chi connectivity index (χ1n) is 6.51. The lowest BCUT2D eigenvalue weighted by molar-refractivity contribution is 0.203. The standard InChI is InChI=1S/C13H26N4O/c1-10(2)17(8-9-18-5)13-12(6-7-14)11(3)15-16(13)4/h10H,6-9,14H2,1-5H3. The van der Waals surface area contributed by atoms with Crippen LogP contribution < -0.4 is 10.6 Å². The van der Waals surface area contributed by atoms with Crippen molar-refractivity contribution in [1.82, 2.24) is 9.78 Å². The highest BCUT2D eigenvalue weighted by Crippen LogP contribution is 2.25. The summed E-state index contributed by atoms with van der Waals surface area (Å²) in [7, 11) is 3.72. The molecule has 1 aromatic rings. The number of aromatic nitrogens is 2. The maximum atomic E-state index is 5.70. The Kier molecular flexibility index (Phi) is 5.62. The Morgan fingerprint density at radius 2 is 2.11 bits per heavy atom. The molecule has 1 aromatic heterocycles. The Bertz CT molecular complexity index is 373. The van der Waals surface area contributed by atoms with Crippen LogP contribution in [-0.2, 0) is 18.2 Å². The zero-order valence-electron chi connectivity index (χ0n) is 12.2. The van der Waals surface area contributed by atoms with Gasteiger partial charge in [0.1, 0.15) is 5.82 Å². The Labute approximate surface area is 110 Å². The highest BCUT2D eigenvalue weighted by molar-refractivity contribution is 5.51. The number of nitrogens with two attached hydrogens (primary N) is 1. The first kappa shape index (κ1) is 15.0. The first-order chi connectivity index (χ1) is 8.52. The van der Waals surface area contributed by atoms with Gasteiger partial charge < -0.3 is 15.4 Å². The molecule has 0 spiro atoms. The van der Waals surface area contributed by atoms with Crippen LogP contribution in [0.2, 0.25) is 0 Å². The topological polar surface area (TPSA) is 56.3 Å². The molecule has 1 heterocycles. The van der Waals surface area contributed by atoms with Crippen molar-refractivity contribution in [2.24, 2.45) is 12.8 Å². The van der Waals surface area contributed by atoms with E-state index in [0.717, 1.165) is 18.7 Å². The van der Waals surface area contributed by atoms with Crippen molar-refractivity contribution in [2.45, 2.75) is 33.2 Å². The molecule has 2 N–H and O–H groups in total. The molecule has 5 nitrogen and oxygen atoms in total. The molecule has 0 amide bonds. The van der Waals surface area contributed by atoms with Gasteiger partial charge in [0.05, 0.1) is 12.3 Å². The van der Waals surface area contributed by atoms with Crippen LogP contribution in [0.15, 0.2) is 0 Å². The summed E-state index contributed by atoms with van der Waals surface area (Å²) in [6, 6.07) is 0.409. The van der Waals surface area contributed by atoms with Crippen LogP contribution >= 0.6 is 0 Å². The second kappa shape index (κ2) is 6.75. The van der Waals surface area contributed by atoms with Gasteiger partial charge in [-0.1, -0.05) is 0 Å². The van der Waals surface area contributed by atoms with Crippen LogP contribution in [0.5, 0.6) is 0 Å². The van der Waals surface area contributed by atoms with Crippen molar-refractivity contribution in [2.75, 3.05) is 31.7 Å². The van der Waals surface area contributed by atoms with Crippen LogP contribution in [0, 0.1) is 6.92 Å². The zero-order chi connectivity index (χ0) is 13.7. The lowest BCUT2D eigenvalue weighted by atomic mass is 10.1. The van der Waals surface area contributed by atoms with E-state index in [1.165, 1.54) is 11.4 Å². The predicted molar refractivity (Wildman–Crippen MR) is 75.1 cm³/mol. The number of hydrogen-bond donors (Lipinski definition) is 1. The molecule has 18 heavy (non-hydrogen) atoms. The normalized spacial score (nSPS) is 11.3. The van der Waals surface area contributed by atoms with Gasteiger partial charge in [0.2, 0.25) is 0 Å². The highest BCUT2D eigenvalue weighted by Gasteiger charge is 2.20. The Balaban J connectivity index is 3.09. The first-order valence-corrected chi connectivity index (χ1v) is 6.51. The summed E-state index contributed by atoms with van der Waals surface area (Å²) in [6.45, 7) is 8.64. The Morgan fingerprint density at radius 1 is 1.44 bits per heavy atom. The molecule has 0 aliphatic rings. The molecule has 0 bridgehead atoms. The smallest absolute Gasteiger partial charge is 0.130 e. The summed E-state index contributed by atoms with van der Waals surface area (Å²) < 4.78 is 7.15. The van der Waals surface area contributed by atoms with E-state index in [9.17, 15) is 0 Å². The van der Waals surface area contributed by atoms with Gasteiger partial charge in [0.25, 0.3) is 0 Å². The van der Waals surface area contributed by atoms with Crippen molar-refractivity contribution in [1.29, 1.82) is 0 Å². The molecular formula is C13H26N4O. The quantitative estimate of drug-likeness (QED) is 0.791. The fourth-order valence-electron chi connectivity index (χ4n) is 2.28. The van der Waals surface area contributed by atoms with E-state index in [1.54, 1.807) is 7.11 Å². The van der Waals surface area contributed by atoms with E-state index in [4.69, 9.17) is 10.5 Å². The van der Waals surface area contributed by atoms with Gasteiger partial charge in [-0.05, 0) is 33.7 Å². The number of rotatable bonds is 7. The summed E-state index contributed by atoms with van der Waals surface area (Å²) in [5.41, 5.74) is 8.03. The SMILES string of the molecule is COCCN(c1c(CCN)c(C)nn1C)C(C)C. The minimum Gasteiger partial charge on any atom is -0.383 e. The molecule has 0 saturated heterocycles. The maximum Gasteiger partial charge on any atom is 0.130 e. The summed E-state index contributed by atoms with van der Waals surface area (Å²) >= 11 is 0. The second-order valence-electron chi connectivity index (χ2n) is 4.83. The van der Waals surface area contributed by atoms with Crippen LogP contribution in [-0.4, -0.2) is 42.6 Å². The lowest BCUT2D eigenvalue weighted by Crippen LogP contribution is -2.36. The molecule has 5 heteroatoms. The molecule has 104 valence electrons. The summed E-state index contributed by atoms with van der Waals surface area (Å²) in [4.78, 5) is 2.33. The van der Waals surface area contributed by atoms with Crippen molar-refractivity contribution < 1.29 is 4.74 Å². The van der Waals surface area contributed by atoms with E-state index in [0.29, 0.717) is 19.2 Å². The van der Waals surface area contributed by atoms with E-state index in [2.05, 4.69) is 23.8 Å². The molecule has 0 fully saturated rings. The van der Waals surface area contributed by atoms with Crippen molar-refractivity contribution >= 4 is 5.82 Å². The van der Waals surface area contributed by atoms with Crippen LogP contribution in [0.1, 0.15) is 25.1 Å². The zero-order valence-corrected chi connectivity index (χ0v) is 12.2. The van der Waals surface area contributed by atoms with E-state index < -0.39 is 0 Å². The molecule has 0 aliphatic heterocycles.